The first-order valence-corrected chi connectivity index (χ1v) is 6.10. The average molecular weight is 246 g/mol. The van der Waals surface area contributed by atoms with Gasteiger partial charge in [0, 0.05) is 23.9 Å². The van der Waals surface area contributed by atoms with E-state index < -0.39 is 0 Å². The molecule has 0 radical (unpaired) electrons. The Morgan fingerprint density at radius 2 is 2.22 bits per heavy atom. The fourth-order valence-corrected chi connectivity index (χ4v) is 1.99. The first-order chi connectivity index (χ1) is 8.74. The number of hydrogen-bond acceptors (Lipinski definition) is 4. The van der Waals surface area contributed by atoms with E-state index in [1.54, 1.807) is 7.11 Å². The summed E-state index contributed by atoms with van der Waals surface area (Å²) in [7, 11) is 1.62. The van der Waals surface area contributed by atoms with Gasteiger partial charge in [-0.15, -0.1) is 0 Å². The Kier molecular flexibility index (Phi) is 3.73. The number of benzene rings is 1. The first-order valence-electron chi connectivity index (χ1n) is 6.10. The number of nitriles is 1. The molecule has 18 heavy (non-hydrogen) atoms. The monoisotopic (exact) mass is 246 g/mol. The molecule has 0 heterocycles. The molecule has 4 nitrogen and oxygen atoms in total. The summed E-state index contributed by atoms with van der Waals surface area (Å²) in [5.74, 6) is 1.41. The molecule has 0 unspecified atom stereocenters. The molecule has 1 saturated carbocycles. The molecular weight excluding hydrogens is 228 g/mol. The van der Waals surface area contributed by atoms with Crippen LogP contribution >= 0.6 is 0 Å². The lowest BCUT2D eigenvalue weighted by Crippen LogP contribution is -2.14. The lowest BCUT2D eigenvalue weighted by Gasteiger charge is -2.17. The third kappa shape index (κ3) is 2.57. The van der Waals surface area contributed by atoms with Crippen LogP contribution in [0.2, 0.25) is 0 Å². The topological polar surface area (TPSA) is 68.3 Å². The van der Waals surface area contributed by atoms with E-state index in [9.17, 15) is 0 Å². The van der Waals surface area contributed by atoms with Crippen LogP contribution in [0.3, 0.4) is 0 Å². The van der Waals surface area contributed by atoms with Crippen LogP contribution in [0.25, 0.3) is 0 Å². The smallest absolute Gasteiger partial charge is 0.165 e. The number of nitrogens with two attached hydrogens (primary N) is 1. The van der Waals surface area contributed by atoms with Crippen LogP contribution in [0, 0.1) is 16.7 Å². The largest absolute Gasteiger partial charge is 0.493 e. The van der Waals surface area contributed by atoms with Gasteiger partial charge in [-0.25, -0.2) is 0 Å². The van der Waals surface area contributed by atoms with Gasteiger partial charge in [-0.3, -0.25) is 0 Å². The van der Waals surface area contributed by atoms with Gasteiger partial charge < -0.3 is 15.2 Å². The van der Waals surface area contributed by atoms with E-state index in [0.717, 1.165) is 18.4 Å². The van der Waals surface area contributed by atoms with E-state index in [0.29, 0.717) is 31.1 Å². The van der Waals surface area contributed by atoms with Crippen molar-refractivity contribution in [2.75, 3.05) is 13.7 Å². The Labute approximate surface area is 107 Å². The molecule has 1 aromatic rings. The molecule has 96 valence electrons. The molecule has 0 aliphatic heterocycles. The van der Waals surface area contributed by atoms with Gasteiger partial charge >= 0.3 is 0 Å². The maximum atomic E-state index is 8.79. The fourth-order valence-electron chi connectivity index (χ4n) is 1.99. The first kappa shape index (κ1) is 12.7. The summed E-state index contributed by atoms with van der Waals surface area (Å²) in [6, 6.07) is 7.92. The van der Waals surface area contributed by atoms with E-state index in [1.807, 2.05) is 18.2 Å². The summed E-state index contributed by atoms with van der Waals surface area (Å²) in [6.45, 7) is 0.978. The van der Waals surface area contributed by atoms with E-state index in [1.165, 1.54) is 0 Å². The second-order valence-corrected chi connectivity index (χ2v) is 4.78. The summed E-state index contributed by atoms with van der Waals surface area (Å²) >= 11 is 0. The molecule has 1 aliphatic carbocycles. The third-order valence-corrected chi connectivity index (χ3v) is 3.43. The Balaban J connectivity index is 2.11. The van der Waals surface area contributed by atoms with Crippen LogP contribution in [-0.4, -0.2) is 13.7 Å². The van der Waals surface area contributed by atoms with Crippen LogP contribution in [-0.2, 0) is 6.54 Å². The van der Waals surface area contributed by atoms with E-state index in [2.05, 4.69) is 6.07 Å². The molecule has 0 bridgehead atoms. The highest BCUT2D eigenvalue weighted by Gasteiger charge is 2.43. The van der Waals surface area contributed by atoms with Crippen molar-refractivity contribution < 1.29 is 9.47 Å². The predicted octanol–water partition coefficient (Wildman–Crippen LogP) is 2.23. The van der Waals surface area contributed by atoms with E-state index >= 15 is 0 Å². The van der Waals surface area contributed by atoms with Gasteiger partial charge in [0.25, 0.3) is 0 Å². The Bertz CT molecular complexity index is 439. The number of hydrogen-bond donors (Lipinski definition) is 1. The SMILES string of the molecule is COc1cccc(CN)c1OCC1(CC#N)CC1. The summed E-state index contributed by atoms with van der Waals surface area (Å²) in [5.41, 5.74) is 6.69. The minimum atomic E-state index is 0.0570. The molecule has 0 spiro atoms. The van der Waals surface area contributed by atoms with Crippen LogP contribution in [0.1, 0.15) is 24.8 Å². The molecule has 1 fully saturated rings. The van der Waals surface area contributed by atoms with Gasteiger partial charge in [0.1, 0.15) is 0 Å². The van der Waals surface area contributed by atoms with Crippen molar-refractivity contribution in [2.24, 2.45) is 11.1 Å². The van der Waals surface area contributed by atoms with Gasteiger partial charge in [-0.2, -0.15) is 5.26 Å². The van der Waals surface area contributed by atoms with E-state index in [4.69, 9.17) is 20.5 Å². The van der Waals surface area contributed by atoms with Crippen LogP contribution in [0.5, 0.6) is 11.5 Å². The van der Waals surface area contributed by atoms with Gasteiger partial charge in [-0.1, -0.05) is 12.1 Å². The number of para-hydroxylation sites is 1. The molecule has 2 N–H and O–H groups in total. The quantitative estimate of drug-likeness (QED) is 0.835. The van der Waals surface area contributed by atoms with Crippen molar-refractivity contribution >= 4 is 0 Å². The number of nitrogens with zero attached hydrogens (tertiary/aromatic N) is 1. The van der Waals surface area contributed by atoms with Gasteiger partial charge in [0.15, 0.2) is 11.5 Å². The minimum absolute atomic E-state index is 0.0570. The fraction of sp³-hybridized carbons (Fsp3) is 0.500. The number of rotatable bonds is 6. The van der Waals surface area contributed by atoms with Crippen LogP contribution in [0.4, 0.5) is 0 Å². The average Bonchev–Trinajstić information content (AvgIpc) is 3.16. The normalized spacial score (nSPS) is 15.8. The van der Waals surface area contributed by atoms with Crippen molar-refractivity contribution in [1.82, 2.24) is 0 Å². The molecule has 1 aromatic carbocycles. The highest BCUT2D eigenvalue weighted by molar-refractivity contribution is 5.46. The number of methoxy groups -OCH3 is 1. The third-order valence-electron chi connectivity index (χ3n) is 3.43. The molecule has 0 saturated heterocycles. The Morgan fingerprint density at radius 1 is 1.44 bits per heavy atom. The Morgan fingerprint density at radius 3 is 2.78 bits per heavy atom. The highest BCUT2D eigenvalue weighted by atomic mass is 16.5. The van der Waals surface area contributed by atoms with Crippen molar-refractivity contribution in [3.8, 4) is 17.6 Å². The minimum Gasteiger partial charge on any atom is -0.493 e. The summed E-state index contributed by atoms with van der Waals surface area (Å²) < 4.78 is 11.2. The second-order valence-electron chi connectivity index (χ2n) is 4.78. The summed E-state index contributed by atoms with van der Waals surface area (Å²) in [4.78, 5) is 0. The highest BCUT2D eigenvalue weighted by Crippen LogP contribution is 2.49. The van der Waals surface area contributed by atoms with Gasteiger partial charge in [0.05, 0.1) is 19.8 Å². The van der Waals surface area contributed by atoms with Crippen molar-refractivity contribution in [3.05, 3.63) is 23.8 Å². The zero-order valence-electron chi connectivity index (χ0n) is 10.6. The van der Waals surface area contributed by atoms with Gasteiger partial charge in [0.2, 0.25) is 0 Å². The number of ether oxygens (including phenoxy) is 2. The molecule has 0 aromatic heterocycles. The zero-order valence-corrected chi connectivity index (χ0v) is 10.6. The van der Waals surface area contributed by atoms with Crippen LogP contribution in [0.15, 0.2) is 18.2 Å². The van der Waals surface area contributed by atoms with Crippen molar-refractivity contribution in [1.29, 1.82) is 5.26 Å². The standard InChI is InChI=1S/C14H18N2O2/c1-17-12-4-2-3-11(9-16)13(12)18-10-14(5-6-14)7-8-15/h2-4H,5-7,9-10,16H2,1H3. The van der Waals surface area contributed by atoms with Gasteiger partial charge in [-0.05, 0) is 18.9 Å². The molecule has 2 rings (SSSR count). The van der Waals surface area contributed by atoms with E-state index in [-0.39, 0.29) is 5.41 Å². The molecular formula is C14H18N2O2. The maximum Gasteiger partial charge on any atom is 0.165 e. The zero-order chi connectivity index (χ0) is 13.0. The van der Waals surface area contributed by atoms with Crippen LogP contribution < -0.4 is 15.2 Å². The molecule has 0 atom stereocenters. The lowest BCUT2D eigenvalue weighted by atomic mass is 10.1. The summed E-state index contributed by atoms with van der Waals surface area (Å²) in [5, 5.41) is 8.79. The molecule has 4 heteroatoms. The lowest BCUT2D eigenvalue weighted by molar-refractivity contribution is 0.225. The maximum absolute atomic E-state index is 8.79. The Hall–Kier alpha value is -1.73. The van der Waals surface area contributed by atoms with Crippen molar-refractivity contribution in [3.63, 3.8) is 0 Å². The second kappa shape index (κ2) is 5.28. The molecule has 0 amide bonds. The predicted molar refractivity (Wildman–Crippen MR) is 68.3 cm³/mol. The summed E-state index contributed by atoms with van der Waals surface area (Å²) in [6.07, 6.45) is 2.68. The van der Waals surface area contributed by atoms with Crippen molar-refractivity contribution in [2.45, 2.75) is 25.8 Å². The molecule has 1 aliphatic rings.